The molecule has 2 aromatic rings. The molecule has 0 aliphatic rings. The standard InChI is InChI=1S/C16H11F3N2OS/c1-21(13-4-2-3-11(9-13)10-20)15(22)12-5-7-14(8-6-12)23-16(17,18)19/h2-9H,1H3. The first-order chi connectivity index (χ1) is 10.8. The molecule has 0 heterocycles. The van der Waals surface area contributed by atoms with Crippen molar-refractivity contribution in [2.24, 2.45) is 0 Å². The molecule has 0 aliphatic carbocycles. The van der Waals surface area contributed by atoms with E-state index in [2.05, 4.69) is 0 Å². The smallest absolute Gasteiger partial charge is 0.311 e. The normalized spacial score (nSPS) is 10.9. The van der Waals surface area contributed by atoms with Gasteiger partial charge in [-0.25, -0.2) is 0 Å². The van der Waals surface area contributed by atoms with E-state index in [-0.39, 0.29) is 28.1 Å². The Balaban J connectivity index is 2.18. The Labute approximate surface area is 135 Å². The zero-order valence-corrected chi connectivity index (χ0v) is 12.8. The van der Waals surface area contributed by atoms with E-state index in [0.717, 1.165) is 0 Å². The van der Waals surface area contributed by atoms with Crippen LogP contribution in [0.3, 0.4) is 0 Å². The molecule has 0 saturated heterocycles. The maximum absolute atomic E-state index is 12.4. The monoisotopic (exact) mass is 336 g/mol. The van der Waals surface area contributed by atoms with Gasteiger partial charge >= 0.3 is 5.51 Å². The number of nitrogens with zero attached hydrogens (tertiary/aromatic N) is 2. The van der Waals surface area contributed by atoms with E-state index >= 15 is 0 Å². The van der Waals surface area contributed by atoms with Gasteiger partial charge in [-0.3, -0.25) is 4.79 Å². The average Bonchev–Trinajstić information content (AvgIpc) is 2.53. The number of thioether (sulfide) groups is 1. The molecule has 3 nitrogen and oxygen atoms in total. The lowest BCUT2D eigenvalue weighted by Crippen LogP contribution is -2.26. The second-order valence-corrected chi connectivity index (χ2v) is 5.74. The lowest BCUT2D eigenvalue weighted by Gasteiger charge is -2.17. The molecule has 0 radical (unpaired) electrons. The fraction of sp³-hybridized carbons (Fsp3) is 0.125. The highest BCUT2D eigenvalue weighted by atomic mass is 32.2. The number of anilines is 1. The van der Waals surface area contributed by atoms with Crippen LogP contribution in [0.2, 0.25) is 0 Å². The molecular formula is C16H11F3N2OS. The number of carbonyl (C=O) groups excluding carboxylic acids is 1. The van der Waals surface area contributed by atoms with Gasteiger partial charge in [-0.05, 0) is 54.2 Å². The van der Waals surface area contributed by atoms with Crippen molar-refractivity contribution in [1.82, 2.24) is 0 Å². The highest BCUT2D eigenvalue weighted by Gasteiger charge is 2.29. The van der Waals surface area contributed by atoms with Crippen molar-refractivity contribution in [2.75, 3.05) is 11.9 Å². The van der Waals surface area contributed by atoms with Gasteiger partial charge < -0.3 is 4.90 Å². The topological polar surface area (TPSA) is 44.1 Å². The largest absolute Gasteiger partial charge is 0.446 e. The van der Waals surface area contributed by atoms with Crippen LogP contribution in [0, 0.1) is 11.3 Å². The third-order valence-corrected chi connectivity index (χ3v) is 3.74. The third kappa shape index (κ3) is 4.50. The van der Waals surface area contributed by atoms with Crippen molar-refractivity contribution in [3.63, 3.8) is 0 Å². The van der Waals surface area contributed by atoms with Crippen LogP contribution in [0.25, 0.3) is 0 Å². The molecule has 7 heteroatoms. The molecule has 0 bridgehead atoms. The summed E-state index contributed by atoms with van der Waals surface area (Å²) in [6.07, 6.45) is 0. The van der Waals surface area contributed by atoms with Crippen LogP contribution in [0.1, 0.15) is 15.9 Å². The Bertz CT molecular complexity index is 751. The van der Waals surface area contributed by atoms with Crippen molar-refractivity contribution in [3.05, 3.63) is 59.7 Å². The molecule has 0 atom stereocenters. The maximum Gasteiger partial charge on any atom is 0.446 e. The number of rotatable bonds is 3. The number of hydrogen-bond donors (Lipinski definition) is 0. The minimum atomic E-state index is -4.36. The molecule has 0 saturated carbocycles. The number of hydrogen-bond acceptors (Lipinski definition) is 3. The highest BCUT2D eigenvalue weighted by molar-refractivity contribution is 8.00. The van der Waals surface area contributed by atoms with Crippen LogP contribution in [-0.4, -0.2) is 18.5 Å². The van der Waals surface area contributed by atoms with Crippen LogP contribution >= 0.6 is 11.8 Å². The van der Waals surface area contributed by atoms with E-state index in [1.54, 1.807) is 24.3 Å². The SMILES string of the molecule is CN(C(=O)c1ccc(SC(F)(F)F)cc1)c1cccc(C#N)c1. The summed E-state index contributed by atoms with van der Waals surface area (Å²) >= 11 is -0.230. The summed E-state index contributed by atoms with van der Waals surface area (Å²) in [5.41, 5.74) is -3.15. The fourth-order valence-corrected chi connectivity index (χ4v) is 2.43. The number of nitriles is 1. The van der Waals surface area contributed by atoms with Gasteiger partial charge in [0.1, 0.15) is 0 Å². The van der Waals surface area contributed by atoms with Gasteiger partial charge in [-0.15, -0.1) is 0 Å². The predicted molar refractivity (Wildman–Crippen MR) is 82.2 cm³/mol. The zero-order chi connectivity index (χ0) is 17.0. The van der Waals surface area contributed by atoms with E-state index in [9.17, 15) is 18.0 Å². The Morgan fingerprint density at radius 2 is 1.83 bits per heavy atom. The van der Waals surface area contributed by atoms with Gasteiger partial charge in [0, 0.05) is 23.2 Å². The first kappa shape index (κ1) is 16.9. The molecule has 0 aliphatic heterocycles. The lowest BCUT2D eigenvalue weighted by atomic mass is 10.1. The van der Waals surface area contributed by atoms with Crippen molar-refractivity contribution < 1.29 is 18.0 Å². The van der Waals surface area contributed by atoms with E-state index in [1.165, 1.54) is 36.2 Å². The molecule has 0 N–H and O–H groups in total. The highest BCUT2D eigenvalue weighted by Crippen LogP contribution is 2.36. The Morgan fingerprint density at radius 1 is 1.17 bits per heavy atom. The van der Waals surface area contributed by atoms with Crippen LogP contribution in [0.5, 0.6) is 0 Å². The van der Waals surface area contributed by atoms with Crippen LogP contribution in [0.15, 0.2) is 53.4 Å². The molecule has 0 spiro atoms. The van der Waals surface area contributed by atoms with E-state index in [4.69, 9.17) is 5.26 Å². The maximum atomic E-state index is 12.4. The molecule has 0 fully saturated rings. The van der Waals surface area contributed by atoms with Gasteiger partial charge in [0.25, 0.3) is 5.91 Å². The molecule has 0 unspecified atom stereocenters. The summed E-state index contributed by atoms with van der Waals surface area (Å²) in [6, 6.07) is 13.7. The summed E-state index contributed by atoms with van der Waals surface area (Å²) in [4.78, 5) is 13.7. The van der Waals surface area contributed by atoms with Gasteiger partial charge in [-0.1, -0.05) is 6.07 Å². The van der Waals surface area contributed by atoms with Crippen molar-refractivity contribution >= 4 is 23.4 Å². The minimum absolute atomic E-state index is 0.0168. The number of benzene rings is 2. The second kappa shape index (κ2) is 6.75. The van der Waals surface area contributed by atoms with Crippen molar-refractivity contribution in [2.45, 2.75) is 10.4 Å². The molecule has 2 aromatic carbocycles. The molecule has 1 amide bonds. The first-order valence-electron chi connectivity index (χ1n) is 6.44. The first-order valence-corrected chi connectivity index (χ1v) is 7.26. The third-order valence-electron chi connectivity index (χ3n) is 3.00. The van der Waals surface area contributed by atoms with Crippen molar-refractivity contribution in [1.29, 1.82) is 5.26 Å². The van der Waals surface area contributed by atoms with E-state index < -0.39 is 5.51 Å². The number of amides is 1. The van der Waals surface area contributed by atoms with Crippen LogP contribution in [0.4, 0.5) is 18.9 Å². The van der Waals surface area contributed by atoms with Gasteiger partial charge in [-0.2, -0.15) is 18.4 Å². The molecule has 2 rings (SSSR count). The fourth-order valence-electron chi connectivity index (χ4n) is 1.89. The molecule has 23 heavy (non-hydrogen) atoms. The van der Waals surface area contributed by atoms with E-state index in [1.807, 2.05) is 6.07 Å². The number of halogens is 3. The lowest BCUT2D eigenvalue weighted by molar-refractivity contribution is -0.0328. The quantitative estimate of drug-likeness (QED) is 0.778. The Morgan fingerprint density at radius 3 is 2.39 bits per heavy atom. The predicted octanol–water partition coefficient (Wildman–Crippen LogP) is 4.45. The van der Waals surface area contributed by atoms with Gasteiger partial charge in [0.2, 0.25) is 0 Å². The number of alkyl halides is 3. The molecular weight excluding hydrogens is 325 g/mol. The van der Waals surface area contributed by atoms with E-state index in [0.29, 0.717) is 11.3 Å². The zero-order valence-electron chi connectivity index (χ0n) is 12.0. The van der Waals surface area contributed by atoms with Crippen molar-refractivity contribution in [3.8, 4) is 6.07 Å². The Hall–Kier alpha value is -2.46. The minimum Gasteiger partial charge on any atom is -0.311 e. The average molecular weight is 336 g/mol. The van der Waals surface area contributed by atoms with Crippen LogP contribution < -0.4 is 4.90 Å². The summed E-state index contributed by atoms with van der Waals surface area (Å²) in [5, 5.41) is 8.88. The summed E-state index contributed by atoms with van der Waals surface area (Å²) in [6.45, 7) is 0. The Kier molecular flexibility index (Phi) is 4.96. The summed E-state index contributed by atoms with van der Waals surface area (Å²) in [5.74, 6) is -0.372. The van der Waals surface area contributed by atoms with Gasteiger partial charge in [0.05, 0.1) is 11.6 Å². The number of carbonyl (C=O) groups is 1. The molecule has 0 aromatic heterocycles. The van der Waals surface area contributed by atoms with Gasteiger partial charge in [0.15, 0.2) is 0 Å². The summed E-state index contributed by atoms with van der Waals surface area (Å²) < 4.78 is 36.8. The second-order valence-electron chi connectivity index (χ2n) is 4.60. The van der Waals surface area contributed by atoms with Crippen LogP contribution in [-0.2, 0) is 0 Å². The molecule has 118 valence electrons. The summed E-state index contributed by atoms with van der Waals surface area (Å²) in [7, 11) is 1.54.